The van der Waals surface area contributed by atoms with Crippen molar-refractivity contribution in [1.29, 1.82) is 0 Å². The van der Waals surface area contributed by atoms with Crippen LogP contribution in [0.15, 0.2) is 36.5 Å². The van der Waals surface area contributed by atoms with Crippen molar-refractivity contribution in [2.45, 2.75) is 13.3 Å². The maximum atomic E-state index is 10.7. The first-order valence-corrected chi connectivity index (χ1v) is 6.76. The molecule has 0 aliphatic rings. The van der Waals surface area contributed by atoms with E-state index in [2.05, 4.69) is 9.97 Å². The fraction of sp³-hybridized carbons (Fsp3) is 0.214. The summed E-state index contributed by atoms with van der Waals surface area (Å²) in [6, 6.07) is 7.80. The lowest BCUT2D eigenvalue weighted by Gasteiger charge is -1.97. The molecule has 0 spiro atoms. The number of rotatable bonds is 4. The smallest absolute Gasteiger partial charge is 0.185 e. The molecule has 0 N–H and O–H groups in total. The Morgan fingerprint density at radius 3 is 2.89 bits per heavy atom. The summed E-state index contributed by atoms with van der Waals surface area (Å²) in [5.74, 6) is 0.812. The van der Waals surface area contributed by atoms with E-state index in [1.165, 1.54) is 11.8 Å². The van der Waals surface area contributed by atoms with Gasteiger partial charge in [0, 0.05) is 12.7 Å². The maximum Gasteiger partial charge on any atom is 0.185 e. The van der Waals surface area contributed by atoms with Gasteiger partial charge in [0.15, 0.2) is 5.12 Å². The number of para-hydroxylation sites is 2. The van der Waals surface area contributed by atoms with Gasteiger partial charge in [-0.15, -0.1) is 0 Å². The fourth-order valence-corrected chi connectivity index (χ4v) is 2.07. The van der Waals surface area contributed by atoms with Gasteiger partial charge in [0.05, 0.1) is 22.9 Å². The second kappa shape index (κ2) is 6.31. The first kappa shape index (κ1) is 12.8. The number of allylic oxidation sites excluding steroid dienone is 1. The van der Waals surface area contributed by atoms with Gasteiger partial charge in [-0.1, -0.05) is 30.0 Å². The van der Waals surface area contributed by atoms with Gasteiger partial charge in [-0.05, 0) is 24.6 Å². The van der Waals surface area contributed by atoms with Gasteiger partial charge in [0.25, 0.3) is 0 Å². The molecule has 4 heteroatoms. The van der Waals surface area contributed by atoms with Crippen molar-refractivity contribution in [2.75, 3.05) is 5.75 Å². The Morgan fingerprint density at radius 1 is 1.33 bits per heavy atom. The number of fused-ring (bicyclic) bond motifs is 1. The lowest BCUT2D eigenvalue weighted by Crippen LogP contribution is -1.87. The van der Waals surface area contributed by atoms with Crippen LogP contribution in [0, 0.1) is 0 Å². The Morgan fingerprint density at radius 2 is 2.11 bits per heavy atom. The number of hydrogen-bond donors (Lipinski definition) is 0. The molecular weight excluding hydrogens is 244 g/mol. The van der Waals surface area contributed by atoms with Crippen LogP contribution >= 0.6 is 11.8 Å². The van der Waals surface area contributed by atoms with Gasteiger partial charge in [-0.3, -0.25) is 9.78 Å². The van der Waals surface area contributed by atoms with E-state index in [9.17, 15) is 4.79 Å². The van der Waals surface area contributed by atoms with Crippen molar-refractivity contribution in [3.8, 4) is 0 Å². The number of aromatic nitrogens is 2. The zero-order valence-corrected chi connectivity index (χ0v) is 11.0. The molecule has 0 radical (unpaired) electrons. The van der Waals surface area contributed by atoms with Crippen LogP contribution in [0.5, 0.6) is 0 Å². The molecule has 18 heavy (non-hydrogen) atoms. The van der Waals surface area contributed by atoms with Gasteiger partial charge >= 0.3 is 0 Å². The topological polar surface area (TPSA) is 42.9 Å². The van der Waals surface area contributed by atoms with Gasteiger partial charge < -0.3 is 0 Å². The number of hydrogen-bond acceptors (Lipinski definition) is 4. The molecule has 0 fully saturated rings. The number of thioether (sulfide) groups is 1. The monoisotopic (exact) mass is 258 g/mol. The molecule has 0 bridgehead atoms. The quantitative estimate of drug-likeness (QED) is 0.789. The molecule has 1 aromatic heterocycles. The van der Waals surface area contributed by atoms with Crippen LogP contribution in [-0.2, 0) is 4.79 Å². The van der Waals surface area contributed by atoms with Gasteiger partial charge in [-0.25, -0.2) is 4.98 Å². The Labute approximate surface area is 110 Å². The average Bonchev–Trinajstić information content (AvgIpc) is 2.38. The summed E-state index contributed by atoms with van der Waals surface area (Å²) in [6.07, 6.45) is 6.59. The first-order valence-electron chi connectivity index (χ1n) is 5.77. The number of nitrogens with zero attached hydrogens (tertiary/aromatic N) is 2. The highest BCUT2D eigenvalue weighted by Gasteiger charge is 1.96. The van der Waals surface area contributed by atoms with Crippen LogP contribution in [0.3, 0.4) is 0 Å². The number of carbonyl (C=O) groups is 1. The summed E-state index contributed by atoms with van der Waals surface area (Å²) < 4.78 is 0. The second-order valence-corrected chi connectivity index (χ2v) is 5.09. The molecule has 0 saturated heterocycles. The largest absolute Gasteiger partial charge is 0.288 e. The van der Waals surface area contributed by atoms with E-state index in [1.54, 1.807) is 13.1 Å². The van der Waals surface area contributed by atoms with Crippen molar-refractivity contribution >= 4 is 34.0 Å². The summed E-state index contributed by atoms with van der Waals surface area (Å²) in [6.45, 7) is 1.59. The average molecular weight is 258 g/mol. The molecule has 2 rings (SSSR count). The normalized spacial score (nSPS) is 11.2. The molecule has 0 unspecified atom stereocenters. The van der Waals surface area contributed by atoms with E-state index >= 15 is 0 Å². The molecule has 0 atom stereocenters. The highest BCUT2D eigenvalue weighted by molar-refractivity contribution is 8.13. The van der Waals surface area contributed by atoms with E-state index in [-0.39, 0.29) is 5.12 Å². The molecule has 0 amide bonds. The van der Waals surface area contributed by atoms with Crippen LogP contribution in [0.25, 0.3) is 17.1 Å². The van der Waals surface area contributed by atoms with Crippen LogP contribution in [-0.4, -0.2) is 20.8 Å². The van der Waals surface area contributed by atoms with E-state index in [0.717, 1.165) is 28.9 Å². The molecule has 3 nitrogen and oxygen atoms in total. The van der Waals surface area contributed by atoms with E-state index < -0.39 is 0 Å². The molecule has 0 aliphatic carbocycles. The molecule has 0 aliphatic heterocycles. The molecule has 1 aromatic carbocycles. The highest BCUT2D eigenvalue weighted by Crippen LogP contribution is 2.10. The predicted octanol–water partition coefficient (Wildman–Crippen LogP) is 3.31. The van der Waals surface area contributed by atoms with Crippen molar-refractivity contribution in [3.63, 3.8) is 0 Å². The number of carbonyl (C=O) groups excluding carboxylic acids is 1. The molecule has 2 aromatic rings. The highest BCUT2D eigenvalue weighted by atomic mass is 32.2. The summed E-state index contributed by atoms with van der Waals surface area (Å²) in [4.78, 5) is 19.6. The Kier molecular flexibility index (Phi) is 4.47. The standard InChI is InChI=1S/C14H14N2OS/c1-11(17)18-9-5-4-6-12-10-15-13-7-2-3-8-14(13)16-12/h2-4,6-8,10H,5,9H2,1H3. The third-order valence-corrected chi connectivity index (χ3v) is 3.19. The first-order chi connectivity index (χ1) is 8.75. The van der Waals surface area contributed by atoms with Crippen LogP contribution < -0.4 is 0 Å². The van der Waals surface area contributed by atoms with E-state index in [1.807, 2.05) is 36.4 Å². The molecule has 1 heterocycles. The lowest BCUT2D eigenvalue weighted by atomic mass is 10.3. The zero-order valence-electron chi connectivity index (χ0n) is 10.2. The SMILES string of the molecule is CC(=O)SCCC=Cc1cnc2ccccc2n1. The van der Waals surface area contributed by atoms with Crippen molar-refractivity contribution in [2.24, 2.45) is 0 Å². The van der Waals surface area contributed by atoms with E-state index in [0.29, 0.717) is 0 Å². The van der Waals surface area contributed by atoms with Crippen molar-refractivity contribution in [1.82, 2.24) is 9.97 Å². The second-order valence-electron chi connectivity index (χ2n) is 3.81. The molecule has 0 saturated carbocycles. The summed E-state index contributed by atoms with van der Waals surface area (Å²) in [5, 5.41) is 0.161. The summed E-state index contributed by atoms with van der Waals surface area (Å²) >= 11 is 1.34. The fourth-order valence-electron chi connectivity index (χ4n) is 1.53. The minimum Gasteiger partial charge on any atom is -0.288 e. The minimum absolute atomic E-state index is 0.161. The third kappa shape index (κ3) is 3.67. The maximum absolute atomic E-state index is 10.7. The van der Waals surface area contributed by atoms with Gasteiger partial charge in [0.1, 0.15) is 0 Å². The zero-order chi connectivity index (χ0) is 12.8. The van der Waals surface area contributed by atoms with Crippen LogP contribution in [0.4, 0.5) is 0 Å². The summed E-state index contributed by atoms with van der Waals surface area (Å²) in [5.41, 5.74) is 2.65. The van der Waals surface area contributed by atoms with Crippen molar-refractivity contribution in [3.05, 3.63) is 42.2 Å². The van der Waals surface area contributed by atoms with Crippen LogP contribution in [0.2, 0.25) is 0 Å². The van der Waals surface area contributed by atoms with E-state index in [4.69, 9.17) is 0 Å². The Bertz CT molecular complexity index is 581. The summed E-state index contributed by atoms with van der Waals surface area (Å²) in [7, 11) is 0. The third-order valence-electron chi connectivity index (χ3n) is 2.35. The minimum atomic E-state index is 0.161. The van der Waals surface area contributed by atoms with Crippen LogP contribution in [0.1, 0.15) is 19.0 Å². The predicted molar refractivity (Wildman–Crippen MR) is 76.3 cm³/mol. The molecular formula is C14H14N2OS. The lowest BCUT2D eigenvalue weighted by molar-refractivity contribution is -0.109. The van der Waals surface area contributed by atoms with Gasteiger partial charge in [-0.2, -0.15) is 0 Å². The molecule has 92 valence electrons. The number of benzene rings is 1. The Hall–Kier alpha value is -1.68. The van der Waals surface area contributed by atoms with Crippen molar-refractivity contribution < 1.29 is 4.79 Å². The van der Waals surface area contributed by atoms with Gasteiger partial charge in [0.2, 0.25) is 0 Å². The Balaban J connectivity index is 1.99.